The zero-order valence-electron chi connectivity index (χ0n) is 9.17. The van der Waals surface area contributed by atoms with E-state index in [-0.39, 0.29) is 11.2 Å². The molecule has 1 aromatic rings. The van der Waals surface area contributed by atoms with Crippen LogP contribution in [0.1, 0.15) is 26.2 Å². The van der Waals surface area contributed by atoms with Crippen LogP contribution in [0.3, 0.4) is 0 Å². The lowest BCUT2D eigenvalue weighted by Crippen LogP contribution is -2.32. The summed E-state index contributed by atoms with van der Waals surface area (Å²) in [4.78, 5) is 25.1. The Hall–Kier alpha value is -1.52. The summed E-state index contributed by atoms with van der Waals surface area (Å²) in [5, 5.41) is 3.02. The lowest BCUT2D eigenvalue weighted by Gasteiger charge is -2.05. The fourth-order valence-electron chi connectivity index (χ4n) is 1.25. The van der Waals surface area contributed by atoms with E-state index in [9.17, 15) is 9.59 Å². The summed E-state index contributed by atoms with van der Waals surface area (Å²) in [6, 6.07) is 1.40. The third-order valence-electron chi connectivity index (χ3n) is 2.24. The van der Waals surface area contributed by atoms with Crippen molar-refractivity contribution in [3.05, 3.63) is 26.9 Å². The van der Waals surface area contributed by atoms with Gasteiger partial charge in [-0.1, -0.05) is 19.8 Å². The van der Waals surface area contributed by atoms with Gasteiger partial charge in [0.2, 0.25) is 0 Å². The molecule has 84 valence electrons. The number of H-pyrrole nitrogens is 1. The molecule has 0 atom stereocenters. The minimum Gasteiger partial charge on any atom is -0.371 e. The van der Waals surface area contributed by atoms with Crippen LogP contribution in [0.4, 0.5) is 5.82 Å². The molecule has 0 aliphatic rings. The molecular weight excluding hydrogens is 194 g/mol. The van der Waals surface area contributed by atoms with Gasteiger partial charge in [-0.15, -0.1) is 0 Å². The van der Waals surface area contributed by atoms with Crippen molar-refractivity contribution in [2.75, 3.05) is 11.9 Å². The Bertz CT molecular complexity index is 388. The Balaban J connectivity index is 2.63. The zero-order valence-corrected chi connectivity index (χ0v) is 9.17. The summed E-state index contributed by atoms with van der Waals surface area (Å²) in [7, 11) is 1.45. The lowest BCUT2D eigenvalue weighted by molar-refractivity contribution is 0.736. The fourth-order valence-corrected chi connectivity index (χ4v) is 1.25. The predicted molar refractivity (Wildman–Crippen MR) is 60.3 cm³/mol. The van der Waals surface area contributed by atoms with Gasteiger partial charge in [0, 0.05) is 19.7 Å². The highest BCUT2D eigenvalue weighted by Gasteiger charge is 1.98. The Kier molecular flexibility index (Phi) is 4.15. The number of nitrogens with one attached hydrogen (secondary N) is 2. The molecule has 0 fully saturated rings. The van der Waals surface area contributed by atoms with Gasteiger partial charge in [-0.25, -0.2) is 4.79 Å². The van der Waals surface area contributed by atoms with Crippen molar-refractivity contribution in [3.63, 3.8) is 0 Å². The second-order valence-corrected chi connectivity index (χ2v) is 3.52. The molecular formula is C10H17N3O2. The van der Waals surface area contributed by atoms with E-state index in [1.54, 1.807) is 0 Å². The molecule has 5 nitrogen and oxygen atoms in total. The maximum Gasteiger partial charge on any atom is 0.329 e. The molecule has 0 saturated heterocycles. The predicted octanol–water partition coefficient (Wildman–Crippen LogP) is 0.676. The number of aromatic amines is 1. The molecule has 2 N–H and O–H groups in total. The van der Waals surface area contributed by atoms with Gasteiger partial charge >= 0.3 is 5.69 Å². The van der Waals surface area contributed by atoms with Crippen molar-refractivity contribution in [1.82, 2.24) is 9.55 Å². The van der Waals surface area contributed by atoms with Gasteiger partial charge in [-0.2, -0.15) is 0 Å². The number of hydrogen-bond acceptors (Lipinski definition) is 3. The maximum absolute atomic E-state index is 11.3. The van der Waals surface area contributed by atoms with Crippen LogP contribution in [-0.2, 0) is 7.05 Å². The third kappa shape index (κ3) is 3.27. The van der Waals surface area contributed by atoms with Crippen molar-refractivity contribution < 1.29 is 0 Å². The number of nitrogens with zero attached hydrogens (tertiary/aromatic N) is 1. The van der Waals surface area contributed by atoms with Crippen molar-refractivity contribution in [2.45, 2.75) is 26.2 Å². The molecule has 0 unspecified atom stereocenters. The Morgan fingerprint density at radius 1 is 1.40 bits per heavy atom. The second-order valence-electron chi connectivity index (χ2n) is 3.52. The Morgan fingerprint density at radius 3 is 2.73 bits per heavy atom. The SMILES string of the molecule is CCCCCNc1cc(=O)n(C)c(=O)[nH]1. The van der Waals surface area contributed by atoms with Crippen molar-refractivity contribution in [2.24, 2.45) is 7.05 Å². The van der Waals surface area contributed by atoms with E-state index >= 15 is 0 Å². The molecule has 1 rings (SSSR count). The molecule has 0 aliphatic heterocycles. The number of aromatic nitrogens is 2. The summed E-state index contributed by atoms with van der Waals surface area (Å²) in [6.45, 7) is 2.90. The molecule has 0 spiro atoms. The molecule has 5 heteroatoms. The van der Waals surface area contributed by atoms with Crippen molar-refractivity contribution >= 4 is 5.82 Å². The van der Waals surface area contributed by atoms with Gasteiger partial charge in [-0.3, -0.25) is 14.3 Å². The maximum atomic E-state index is 11.3. The van der Waals surface area contributed by atoms with E-state index in [0.717, 1.165) is 30.4 Å². The van der Waals surface area contributed by atoms with E-state index in [1.165, 1.54) is 13.1 Å². The van der Waals surface area contributed by atoms with Gasteiger partial charge in [0.25, 0.3) is 5.56 Å². The number of unbranched alkanes of at least 4 members (excludes halogenated alkanes) is 2. The highest BCUT2D eigenvalue weighted by molar-refractivity contribution is 5.31. The van der Waals surface area contributed by atoms with Crippen molar-refractivity contribution in [1.29, 1.82) is 0 Å². The third-order valence-corrected chi connectivity index (χ3v) is 2.24. The van der Waals surface area contributed by atoms with E-state index in [4.69, 9.17) is 0 Å². The van der Waals surface area contributed by atoms with Gasteiger partial charge in [0.1, 0.15) is 5.82 Å². The van der Waals surface area contributed by atoms with Gasteiger partial charge in [-0.05, 0) is 6.42 Å². The van der Waals surface area contributed by atoms with E-state index in [1.807, 2.05) is 0 Å². The quantitative estimate of drug-likeness (QED) is 0.704. The summed E-state index contributed by atoms with van der Waals surface area (Å²) in [6.07, 6.45) is 3.32. The van der Waals surface area contributed by atoms with Crippen LogP contribution in [0.15, 0.2) is 15.7 Å². The van der Waals surface area contributed by atoms with Crippen LogP contribution in [0, 0.1) is 0 Å². The monoisotopic (exact) mass is 211 g/mol. The molecule has 0 amide bonds. The first-order valence-electron chi connectivity index (χ1n) is 5.19. The first-order chi connectivity index (χ1) is 7.15. The minimum atomic E-state index is -0.388. The van der Waals surface area contributed by atoms with Gasteiger partial charge in [0.15, 0.2) is 0 Å². The Morgan fingerprint density at radius 2 is 2.13 bits per heavy atom. The summed E-state index contributed by atoms with van der Waals surface area (Å²) in [5.41, 5.74) is -0.683. The van der Waals surface area contributed by atoms with E-state index < -0.39 is 0 Å². The molecule has 1 aromatic heterocycles. The average molecular weight is 211 g/mol. The Labute approximate surface area is 88.1 Å². The van der Waals surface area contributed by atoms with Gasteiger partial charge in [0.05, 0.1) is 0 Å². The minimum absolute atomic E-state index is 0.295. The zero-order chi connectivity index (χ0) is 11.3. The number of anilines is 1. The van der Waals surface area contributed by atoms with Crippen LogP contribution in [-0.4, -0.2) is 16.1 Å². The smallest absolute Gasteiger partial charge is 0.329 e. The lowest BCUT2D eigenvalue weighted by atomic mass is 10.2. The highest BCUT2D eigenvalue weighted by atomic mass is 16.2. The molecule has 0 aromatic carbocycles. The molecule has 0 radical (unpaired) electrons. The second kappa shape index (κ2) is 5.38. The summed E-state index contributed by atoms with van der Waals surface area (Å²) >= 11 is 0. The van der Waals surface area contributed by atoms with Crippen LogP contribution in [0.5, 0.6) is 0 Å². The van der Waals surface area contributed by atoms with Crippen LogP contribution >= 0.6 is 0 Å². The largest absolute Gasteiger partial charge is 0.371 e. The standard InChI is InChI=1S/C10H17N3O2/c1-3-4-5-6-11-8-7-9(14)13(2)10(15)12-8/h7,11H,3-6H2,1-2H3,(H,12,15). The van der Waals surface area contributed by atoms with Crippen LogP contribution in [0.2, 0.25) is 0 Å². The number of hydrogen-bond donors (Lipinski definition) is 2. The average Bonchev–Trinajstić information content (AvgIpc) is 2.21. The van der Waals surface area contributed by atoms with Crippen LogP contribution in [0.25, 0.3) is 0 Å². The molecule has 1 heterocycles. The number of rotatable bonds is 5. The fraction of sp³-hybridized carbons (Fsp3) is 0.600. The first-order valence-corrected chi connectivity index (χ1v) is 5.19. The molecule has 0 saturated carbocycles. The highest BCUT2D eigenvalue weighted by Crippen LogP contribution is 1.97. The molecule has 15 heavy (non-hydrogen) atoms. The van der Waals surface area contributed by atoms with E-state index in [2.05, 4.69) is 17.2 Å². The molecule has 0 aliphatic carbocycles. The van der Waals surface area contributed by atoms with Gasteiger partial charge < -0.3 is 5.32 Å². The van der Waals surface area contributed by atoms with Crippen LogP contribution < -0.4 is 16.6 Å². The summed E-state index contributed by atoms with van der Waals surface area (Å²) in [5.74, 6) is 0.499. The normalized spacial score (nSPS) is 10.3. The van der Waals surface area contributed by atoms with Crippen molar-refractivity contribution in [3.8, 4) is 0 Å². The van der Waals surface area contributed by atoms with E-state index in [0.29, 0.717) is 5.82 Å². The summed E-state index contributed by atoms with van der Waals surface area (Å²) < 4.78 is 1.04. The molecule has 0 bridgehead atoms. The topological polar surface area (TPSA) is 66.9 Å². The first kappa shape index (κ1) is 11.6.